The summed E-state index contributed by atoms with van der Waals surface area (Å²) in [5.41, 5.74) is 9.99. The van der Waals surface area contributed by atoms with E-state index >= 15 is 0 Å². The maximum Gasteiger partial charge on any atom is 0.351 e. The first kappa shape index (κ1) is 47.1. The molecule has 0 radical (unpaired) electrons. The number of hydrogen-bond acceptors (Lipinski definition) is 14. The van der Waals surface area contributed by atoms with Gasteiger partial charge in [0.15, 0.2) is 37.4 Å². The van der Waals surface area contributed by atoms with Gasteiger partial charge in [0.2, 0.25) is 0 Å². The molecule has 2 fully saturated rings. The van der Waals surface area contributed by atoms with Crippen LogP contribution in [-0.4, -0.2) is 109 Å². The number of nitrogen functional groups attached to an aromatic ring is 2. The average molecular weight is 829 g/mol. The largest absolute Gasteiger partial charge is 0.414 e. The summed E-state index contributed by atoms with van der Waals surface area (Å²) in [6.45, 7) is 33.3. The molecule has 2 aromatic rings. The molecule has 4 heterocycles. The molecule has 8 atom stereocenters. The highest BCUT2D eigenvalue weighted by Gasteiger charge is 2.55. The van der Waals surface area contributed by atoms with Gasteiger partial charge in [-0.1, -0.05) is 62.3 Å². The third-order valence-corrected chi connectivity index (χ3v) is 25.4. The number of nitrogens with two attached hydrogens (primary N) is 2. The molecule has 7 N–H and O–H groups in total. The molecule has 4 rings (SSSR count). The molecule has 314 valence electrons. The van der Waals surface area contributed by atoms with E-state index in [0.717, 1.165) is 4.57 Å². The molecular weight excluding hydrogens is 761 g/mol. The maximum atomic E-state index is 13.0. The topological polar surface area (TPSA) is 229 Å². The molecule has 0 saturated carbocycles. The normalized spacial score (nSPS) is 26.9. The summed E-state index contributed by atoms with van der Waals surface area (Å²) in [5.74, 6) is 0.232. The van der Waals surface area contributed by atoms with Gasteiger partial charge in [-0.15, -0.1) is 0 Å². The summed E-state index contributed by atoms with van der Waals surface area (Å²) in [5, 5.41) is 28.1. The first-order valence-electron chi connectivity index (χ1n) is 18.8. The lowest BCUT2D eigenvalue weighted by Crippen LogP contribution is -2.54. The van der Waals surface area contributed by atoms with Crippen LogP contribution in [0.5, 0.6) is 0 Å². The van der Waals surface area contributed by atoms with Crippen LogP contribution in [0.4, 0.5) is 11.6 Å². The van der Waals surface area contributed by atoms with E-state index < -0.39 is 92.0 Å². The van der Waals surface area contributed by atoms with Crippen LogP contribution in [0.2, 0.25) is 54.4 Å². The standard InChI is InChI=1S/C27H55N3O5Si3.C9H13N3O5/c1-25(2,3)36(10,11)32-18-19-21(34-37(12,13)26(4,5)6)22(35-38(14,15)27(7,8)9)23(33-19)30-17-16-20(28)29-24(30)31;10-5-1-2-12(9(16)11-5)8-7(15)6(14)4(3-13)17-8/h16-17,19,21-23H,18H2,1-15H3,(H2,28,29,31);1-2,4,6-8,13-15H,3H2,(H2,10,11,16)/t19-,21?,22+,23-;4-,6?,7+,8-/m11/s1. The summed E-state index contributed by atoms with van der Waals surface area (Å²) in [6, 6.07) is 2.99. The van der Waals surface area contributed by atoms with E-state index in [2.05, 4.69) is 112 Å². The minimum atomic E-state index is -2.29. The van der Waals surface area contributed by atoms with E-state index in [9.17, 15) is 19.8 Å². The van der Waals surface area contributed by atoms with Crippen molar-refractivity contribution in [2.45, 2.75) is 166 Å². The lowest BCUT2D eigenvalue weighted by molar-refractivity contribution is -0.0549. The van der Waals surface area contributed by atoms with Gasteiger partial charge in [-0.25, -0.2) is 9.59 Å². The quantitative estimate of drug-likeness (QED) is 0.214. The summed E-state index contributed by atoms with van der Waals surface area (Å²) in [4.78, 5) is 32.0. The summed E-state index contributed by atoms with van der Waals surface area (Å²) < 4.78 is 35.2. The predicted octanol–water partition coefficient (Wildman–Crippen LogP) is 3.96. The van der Waals surface area contributed by atoms with E-state index in [1.54, 1.807) is 12.3 Å². The molecule has 0 spiro atoms. The summed E-state index contributed by atoms with van der Waals surface area (Å²) in [6.07, 6.45) is -3.62. The zero-order valence-corrected chi connectivity index (χ0v) is 38.5. The van der Waals surface area contributed by atoms with Gasteiger partial charge >= 0.3 is 11.4 Å². The highest BCUT2D eigenvalue weighted by Crippen LogP contribution is 2.46. The van der Waals surface area contributed by atoms with Gasteiger partial charge < -0.3 is 49.5 Å². The van der Waals surface area contributed by atoms with Gasteiger partial charge in [0.25, 0.3) is 0 Å². The fourth-order valence-electron chi connectivity index (χ4n) is 5.22. The molecule has 0 amide bonds. The van der Waals surface area contributed by atoms with Crippen molar-refractivity contribution < 1.29 is 38.1 Å². The van der Waals surface area contributed by atoms with Crippen molar-refractivity contribution in [2.24, 2.45) is 0 Å². The van der Waals surface area contributed by atoms with E-state index in [4.69, 9.17) is 39.3 Å². The Hall–Kier alpha value is -2.31. The average Bonchev–Trinajstić information content (AvgIpc) is 3.49. The molecule has 19 heteroatoms. The van der Waals surface area contributed by atoms with Crippen molar-refractivity contribution in [3.8, 4) is 0 Å². The molecule has 0 aromatic carbocycles. The molecule has 2 aliphatic rings. The highest BCUT2D eigenvalue weighted by atomic mass is 28.4. The fourth-order valence-corrected chi connectivity index (χ4v) is 8.84. The number of nitrogens with zero attached hydrogens (tertiary/aromatic N) is 4. The Balaban J connectivity index is 0.000000394. The van der Waals surface area contributed by atoms with Gasteiger partial charge in [-0.3, -0.25) is 9.13 Å². The lowest BCUT2D eigenvalue weighted by atomic mass is 10.1. The molecule has 55 heavy (non-hydrogen) atoms. The van der Waals surface area contributed by atoms with Crippen LogP contribution in [0.15, 0.2) is 34.1 Å². The zero-order chi connectivity index (χ0) is 42.3. The highest BCUT2D eigenvalue weighted by molar-refractivity contribution is 6.75. The molecule has 16 nitrogen and oxygen atoms in total. The number of anilines is 2. The van der Waals surface area contributed by atoms with Crippen LogP contribution >= 0.6 is 0 Å². The van der Waals surface area contributed by atoms with Gasteiger partial charge in [-0.2, -0.15) is 9.97 Å². The zero-order valence-electron chi connectivity index (χ0n) is 35.5. The second-order valence-corrected chi connectivity index (χ2v) is 33.5. The molecule has 2 aromatic heterocycles. The second-order valence-electron chi connectivity index (χ2n) is 19.1. The SMILES string of the molecule is CC(C)(C)[Si](C)(C)OC[C@H]1O[C@@H](n2ccc(N)nc2=O)[C@@H](O[Si](C)(C)C(C)(C)C)C1O[Si](C)(C)C(C)(C)C.Nc1ccn([C@@H]2O[C@H](CO)C(O)[C@@H]2O)c(=O)n1. The third kappa shape index (κ3) is 10.8. The maximum absolute atomic E-state index is 13.0. The predicted molar refractivity (Wildman–Crippen MR) is 220 cm³/mol. The smallest absolute Gasteiger partial charge is 0.351 e. The van der Waals surface area contributed by atoms with Crippen LogP contribution in [0.1, 0.15) is 74.8 Å². The minimum absolute atomic E-state index is 0.0168. The fraction of sp³-hybridized carbons (Fsp3) is 0.778. The van der Waals surface area contributed by atoms with E-state index in [1.807, 2.05) is 0 Å². The Morgan fingerprint density at radius 3 is 1.45 bits per heavy atom. The number of ether oxygens (including phenoxy) is 2. The number of aliphatic hydroxyl groups excluding tert-OH is 3. The molecule has 2 aliphatic heterocycles. The van der Waals surface area contributed by atoms with Crippen molar-refractivity contribution in [3.63, 3.8) is 0 Å². The molecule has 0 aliphatic carbocycles. The first-order valence-corrected chi connectivity index (χ1v) is 27.5. The van der Waals surface area contributed by atoms with E-state index in [1.165, 1.54) is 16.8 Å². The van der Waals surface area contributed by atoms with Crippen molar-refractivity contribution in [3.05, 3.63) is 45.5 Å². The Morgan fingerprint density at radius 2 is 1.07 bits per heavy atom. The van der Waals surface area contributed by atoms with Crippen LogP contribution in [0.3, 0.4) is 0 Å². The molecule has 0 bridgehead atoms. The van der Waals surface area contributed by atoms with Gasteiger partial charge in [0.1, 0.15) is 48.3 Å². The van der Waals surface area contributed by atoms with Crippen molar-refractivity contribution in [1.82, 2.24) is 19.1 Å². The number of hydrogen-bond donors (Lipinski definition) is 5. The first-order chi connectivity index (χ1) is 24.8. The van der Waals surface area contributed by atoms with Crippen molar-refractivity contribution in [2.75, 3.05) is 24.7 Å². The van der Waals surface area contributed by atoms with Gasteiger partial charge in [0, 0.05) is 12.4 Å². The second kappa shape index (κ2) is 16.9. The number of rotatable bonds is 10. The summed E-state index contributed by atoms with van der Waals surface area (Å²) >= 11 is 0. The molecule has 2 saturated heterocycles. The Bertz CT molecular complexity index is 1720. The van der Waals surface area contributed by atoms with Gasteiger partial charge in [-0.05, 0) is 66.5 Å². The minimum Gasteiger partial charge on any atom is -0.414 e. The number of aromatic nitrogens is 4. The molecular formula is C36H68N6O10Si3. The van der Waals surface area contributed by atoms with Crippen LogP contribution in [0, 0.1) is 0 Å². The van der Waals surface area contributed by atoms with Crippen LogP contribution < -0.4 is 22.8 Å². The monoisotopic (exact) mass is 828 g/mol. The Kier molecular flexibility index (Phi) is 14.5. The lowest BCUT2D eigenvalue weighted by Gasteiger charge is -2.44. The van der Waals surface area contributed by atoms with E-state index in [0.29, 0.717) is 6.61 Å². The van der Waals surface area contributed by atoms with Crippen molar-refractivity contribution in [1.29, 1.82) is 0 Å². The Morgan fingerprint density at radius 1 is 0.673 bits per heavy atom. The van der Waals surface area contributed by atoms with Crippen LogP contribution in [-0.2, 0) is 22.8 Å². The van der Waals surface area contributed by atoms with Crippen molar-refractivity contribution >= 4 is 36.6 Å². The third-order valence-electron chi connectivity index (χ3n) is 11.9. The van der Waals surface area contributed by atoms with E-state index in [-0.39, 0.29) is 26.8 Å². The van der Waals surface area contributed by atoms with Gasteiger partial charge in [0.05, 0.1) is 13.2 Å². The van der Waals surface area contributed by atoms with Crippen LogP contribution in [0.25, 0.3) is 0 Å². The Labute approximate surface area is 328 Å². The summed E-state index contributed by atoms with van der Waals surface area (Å²) in [7, 11) is -6.61. The number of aliphatic hydroxyl groups is 3. The molecule has 2 unspecified atom stereocenters.